The van der Waals surface area contributed by atoms with E-state index in [0.717, 1.165) is 11.0 Å². The van der Waals surface area contributed by atoms with Gasteiger partial charge in [0.1, 0.15) is 5.82 Å². The molecule has 1 aliphatic rings. The lowest BCUT2D eigenvalue weighted by atomic mass is 9.99. The highest BCUT2D eigenvalue weighted by Gasteiger charge is 2.38. The van der Waals surface area contributed by atoms with Crippen molar-refractivity contribution in [3.8, 4) is 5.75 Å². The van der Waals surface area contributed by atoms with Gasteiger partial charge in [0.2, 0.25) is 0 Å². The van der Waals surface area contributed by atoms with Crippen LogP contribution in [0.5, 0.6) is 5.75 Å². The first kappa shape index (κ1) is 16.8. The summed E-state index contributed by atoms with van der Waals surface area (Å²) in [5.41, 5.74) is 1.70. The third-order valence-electron chi connectivity index (χ3n) is 4.31. The van der Waals surface area contributed by atoms with Gasteiger partial charge in [0.25, 0.3) is 0 Å². The molecule has 1 aromatic heterocycles. The fourth-order valence-electron chi connectivity index (χ4n) is 2.97. The van der Waals surface area contributed by atoms with Crippen LogP contribution in [0.3, 0.4) is 0 Å². The van der Waals surface area contributed by atoms with Crippen LogP contribution in [0.25, 0.3) is 10.9 Å². The lowest BCUT2D eigenvalue weighted by Gasteiger charge is -2.12. The molecule has 2 heterocycles. The summed E-state index contributed by atoms with van der Waals surface area (Å²) in [6.07, 6.45) is 1.54. The summed E-state index contributed by atoms with van der Waals surface area (Å²) >= 11 is 1.47. The molecule has 0 spiro atoms. The van der Waals surface area contributed by atoms with Gasteiger partial charge in [0, 0.05) is 39.9 Å². The van der Waals surface area contributed by atoms with Crippen molar-refractivity contribution >= 4 is 39.8 Å². The Morgan fingerprint density at radius 3 is 2.65 bits per heavy atom. The molecule has 2 N–H and O–H groups in total. The molecule has 2 aromatic carbocycles. The van der Waals surface area contributed by atoms with Crippen LogP contribution in [-0.4, -0.2) is 20.6 Å². The van der Waals surface area contributed by atoms with Crippen molar-refractivity contribution < 1.29 is 18.7 Å². The van der Waals surface area contributed by atoms with Gasteiger partial charge < -0.3 is 10.4 Å². The van der Waals surface area contributed by atoms with E-state index in [-0.39, 0.29) is 11.5 Å². The lowest BCUT2D eigenvalue weighted by Crippen LogP contribution is -2.22. The Bertz CT molecular complexity index is 1080. The van der Waals surface area contributed by atoms with Gasteiger partial charge in [-0.05, 0) is 32.0 Å². The van der Waals surface area contributed by atoms with Gasteiger partial charge in [-0.15, -0.1) is 11.8 Å². The number of hydrogen-bond donors (Lipinski definition) is 2. The Hall–Kier alpha value is -2.67. The summed E-state index contributed by atoms with van der Waals surface area (Å²) in [5, 5.41) is 13.1. The first-order chi connectivity index (χ1) is 12.3. The number of rotatable bonds is 2. The number of phenols is 1. The summed E-state index contributed by atoms with van der Waals surface area (Å²) in [6.45, 7) is 3.74. The van der Waals surface area contributed by atoms with Crippen LogP contribution in [0.15, 0.2) is 41.4 Å². The predicted octanol–water partition coefficient (Wildman–Crippen LogP) is 5.03. The van der Waals surface area contributed by atoms with Gasteiger partial charge >= 0.3 is 0 Å². The largest absolute Gasteiger partial charge is 0.505 e. The van der Waals surface area contributed by atoms with Crippen LogP contribution in [0.2, 0.25) is 0 Å². The molecule has 0 saturated carbocycles. The maximum absolute atomic E-state index is 14.0. The van der Waals surface area contributed by atoms with Crippen molar-refractivity contribution in [1.29, 1.82) is 0 Å². The van der Waals surface area contributed by atoms with Gasteiger partial charge in [-0.3, -0.25) is 9.78 Å². The normalized spacial score (nSPS) is 15.3. The zero-order valence-electron chi connectivity index (χ0n) is 13.9. The molecule has 4 rings (SSSR count). The van der Waals surface area contributed by atoms with Crippen molar-refractivity contribution in [2.24, 2.45) is 0 Å². The number of pyridine rings is 1. The average Bonchev–Trinajstić information content (AvgIpc) is 2.80. The van der Waals surface area contributed by atoms with Gasteiger partial charge in [-0.1, -0.05) is 0 Å². The van der Waals surface area contributed by atoms with E-state index in [1.165, 1.54) is 18.0 Å². The number of carbonyl (C=O) groups is 1. The Kier molecular flexibility index (Phi) is 3.66. The van der Waals surface area contributed by atoms with Crippen LogP contribution in [0.4, 0.5) is 20.2 Å². The van der Waals surface area contributed by atoms with Crippen LogP contribution in [0, 0.1) is 11.6 Å². The predicted molar refractivity (Wildman–Crippen MR) is 97.3 cm³/mol. The summed E-state index contributed by atoms with van der Waals surface area (Å²) in [5.74, 6) is -2.44. The average molecular weight is 372 g/mol. The molecule has 132 valence electrons. The number of Topliss-reactive ketones (excluding diaryl/α,β-unsaturated/α-hetero) is 1. The van der Waals surface area contributed by atoms with Crippen LogP contribution in [-0.2, 0) is 0 Å². The van der Waals surface area contributed by atoms with Crippen LogP contribution in [0.1, 0.15) is 24.2 Å². The number of halogens is 2. The number of hydrogen-bond acceptors (Lipinski definition) is 5. The van der Waals surface area contributed by atoms with Gasteiger partial charge in [0.05, 0.1) is 16.0 Å². The van der Waals surface area contributed by atoms with Crippen molar-refractivity contribution in [3.05, 3.63) is 53.7 Å². The fraction of sp³-hybridized carbons (Fsp3) is 0.158. The van der Waals surface area contributed by atoms with Gasteiger partial charge in [-0.2, -0.15) is 0 Å². The number of anilines is 2. The minimum absolute atomic E-state index is 0.0501. The zero-order valence-corrected chi connectivity index (χ0v) is 14.7. The number of nitrogens with one attached hydrogen (secondary N) is 1. The van der Waals surface area contributed by atoms with E-state index in [4.69, 9.17) is 0 Å². The molecule has 3 aromatic rings. The first-order valence-corrected chi connectivity index (χ1v) is 8.69. The second kappa shape index (κ2) is 5.67. The number of fused-ring (bicyclic) bond motifs is 2. The summed E-state index contributed by atoms with van der Waals surface area (Å²) in [7, 11) is 0. The lowest BCUT2D eigenvalue weighted by molar-refractivity contribution is 0.0961. The van der Waals surface area contributed by atoms with Gasteiger partial charge in [0.15, 0.2) is 17.3 Å². The number of carbonyl (C=O) groups excluding carboxylic acids is 1. The first-order valence-electron chi connectivity index (χ1n) is 7.88. The van der Waals surface area contributed by atoms with Crippen LogP contribution >= 0.6 is 11.8 Å². The molecule has 0 fully saturated rings. The second-order valence-electron chi connectivity index (χ2n) is 6.57. The number of aromatic nitrogens is 1. The highest BCUT2D eigenvalue weighted by atomic mass is 32.2. The van der Waals surface area contributed by atoms with Crippen LogP contribution < -0.4 is 5.32 Å². The highest BCUT2D eigenvalue weighted by molar-refractivity contribution is 8.02. The molecule has 0 bridgehead atoms. The quantitative estimate of drug-likeness (QED) is 0.661. The maximum atomic E-state index is 14.0. The minimum atomic E-state index is -1.03. The summed E-state index contributed by atoms with van der Waals surface area (Å²) in [4.78, 5) is 17.6. The Balaban J connectivity index is 1.83. The van der Waals surface area contributed by atoms with Gasteiger partial charge in [-0.25, -0.2) is 8.78 Å². The zero-order chi connectivity index (χ0) is 18.6. The number of thioether (sulfide) groups is 1. The summed E-state index contributed by atoms with van der Waals surface area (Å²) in [6, 6.07) is 6.85. The number of ketones is 1. The van der Waals surface area contributed by atoms with Crippen molar-refractivity contribution in [1.82, 2.24) is 4.98 Å². The monoisotopic (exact) mass is 372 g/mol. The third-order valence-corrected chi connectivity index (χ3v) is 5.56. The number of phenolic OH excluding ortho intramolecular Hbond substituents is 1. The molecule has 0 amide bonds. The number of nitrogens with zero attached hydrogens (tertiary/aromatic N) is 1. The maximum Gasteiger partial charge on any atom is 0.179 e. The second-order valence-corrected chi connectivity index (χ2v) is 8.24. The topological polar surface area (TPSA) is 62.2 Å². The molecular weight excluding hydrogens is 358 g/mol. The Morgan fingerprint density at radius 2 is 1.88 bits per heavy atom. The van der Waals surface area contributed by atoms with Crippen molar-refractivity contribution in [2.75, 3.05) is 5.32 Å². The van der Waals surface area contributed by atoms with E-state index in [1.807, 2.05) is 19.9 Å². The molecule has 0 aliphatic carbocycles. The molecule has 7 heteroatoms. The van der Waals surface area contributed by atoms with E-state index in [1.54, 1.807) is 12.1 Å². The Morgan fingerprint density at radius 1 is 1.12 bits per heavy atom. The third kappa shape index (κ3) is 2.59. The van der Waals surface area contributed by atoms with E-state index in [9.17, 15) is 18.7 Å². The molecule has 0 radical (unpaired) electrons. The van der Waals surface area contributed by atoms with E-state index in [0.29, 0.717) is 28.2 Å². The van der Waals surface area contributed by atoms with Crippen molar-refractivity contribution in [3.63, 3.8) is 0 Å². The molecule has 4 nitrogen and oxygen atoms in total. The SMILES string of the molecule is CC1(C)Sc2cc3c(Nc4cc(O)c(F)cc4F)ccnc3cc2C1=O. The molecule has 0 atom stereocenters. The van der Waals surface area contributed by atoms with Crippen molar-refractivity contribution in [2.45, 2.75) is 23.5 Å². The smallest absolute Gasteiger partial charge is 0.179 e. The number of aromatic hydroxyl groups is 1. The fourth-order valence-corrected chi connectivity index (χ4v) is 4.16. The standard InChI is InChI=1S/C19H14F2N2O2S/c1-19(2)18(25)10-5-14-9(6-17(10)26-19)13(3-4-22-14)23-15-8-16(24)12(21)7-11(15)20/h3-8,24H,1-2H3,(H,22,23). The highest BCUT2D eigenvalue weighted by Crippen LogP contribution is 2.46. The molecule has 1 aliphatic heterocycles. The summed E-state index contributed by atoms with van der Waals surface area (Å²) < 4.78 is 26.7. The molecule has 26 heavy (non-hydrogen) atoms. The molecular formula is C19H14F2N2O2S. The Labute approximate surface area is 152 Å². The minimum Gasteiger partial charge on any atom is -0.505 e. The van der Waals surface area contributed by atoms with E-state index in [2.05, 4.69) is 10.3 Å². The van der Waals surface area contributed by atoms with E-state index < -0.39 is 22.1 Å². The molecule has 0 saturated heterocycles. The molecule has 0 unspecified atom stereocenters. The number of benzene rings is 2. The van der Waals surface area contributed by atoms with E-state index >= 15 is 0 Å².